The Morgan fingerprint density at radius 2 is 1.90 bits per heavy atom. The highest BCUT2D eigenvalue weighted by atomic mass is 79.9. The van der Waals surface area contributed by atoms with Gasteiger partial charge in [-0.3, -0.25) is 0 Å². The molecule has 0 saturated heterocycles. The summed E-state index contributed by atoms with van der Waals surface area (Å²) in [5.74, 6) is 0.933. The average Bonchev–Trinajstić information content (AvgIpc) is 2.36. The van der Waals surface area contributed by atoms with Crippen LogP contribution in [0.3, 0.4) is 0 Å². The molecule has 1 heterocycles. The van der Waals surface area contributed by atoms with E-state index in [2.05, 4.69) is 68.0 Å². The van der Waals surface area contributed by atoms with Crippen LogP contribution in [-0.4, -0.2) is 15.1 Å². The highest BCUT2D eigenvalue weighted by Crippen LogP contribution is 2.40. The van der Waals surface area contributed by atoms with Crippen molar-refractivity contribution in [2.75, 3.05) is 0 Å². The molecule has 2 rings (SSSR count). The molecule has 1 aliphatic rings. The van der Waals surface area contributed by atoms with Gasteiger partial charge in [-0.25, -0.2) is 0 Å². The summed E-state index contributed by atoms with van der Waals surface area (Å²) in [4.78, 5) is 0. The summed E-state index contributed by atoms with van der Waals surface area (Å²) in [6.07, 6.45) is -0.0193. The third kappa shape index (κ3) is 3.35. The van der Waals surface area contributed by atoms with Crippen molar-refractivity contribution in [1.82, 2.24) is 0 Å². The van der Waals surface area contributed by atoms with Gasteiger partial charge in [0.2, 0.25) is 9.04 Å². The highest BCUT2D eigenvalue weighted by Gasteiger charge is 2.35. The van der Waals surface area contributed by atoms with Gasteiger partial charge in [-0.2, -0.15) is 0 Å². The molecule has 2 nitrogen and oxygen atoms in total. The van der Waals surface area contributed by atoms with E-state index in [0.717, 1.165) is 10.2 Å². The monoisotopic (exact) mass is 353 g/mol. The van der Waals surface area contributed by atoms with E-state index >= 15 is 0 Å². The highest BCUT2D eigenvalue weighted by molar-refractivity contribution is 9.15. The molecule has 0 N–H and O–H groups in total. The Morgan fingerprint density at radius 3 is 2.50 bits per heavy atom. The van der Waals surface area contributed by atoms with Gasteiger partial charge < -0.3 is 9.16 Å². The Bertz CT molecular complexity index is 517. The van der Waals surface area contributed by atoms with Crippen molar-refractivity contribution >= 4 is 29.5 Å². The summed E-state index contributed by atoms with van der Waals surface area (Å²) >= 11 is 3.72. The molecule has 1 aromatic rings. The predicted molar refractivity (Wildman–Crippen MR) is 88.9 cm³/mol. The van der Waals surface area contributed by atoms with Crippen LogP contribution in [0.5, 0.6) is 0 Å². The molecule has 1 radical (unpaired) electrons. The van der Waals surface area contributed by atoms with E-state index in [1.165, 1.54) is 11.1 Å². The maximum Gasteiger partial charge on any atom is 0.206 e. The molecule has 0 aromatic heterocycles. The minimum absolute atomic E-state index is 0.00255. The summed E-state index contributed by atoms with van der Waals surface area (Å²) in [5.41, 5.74) is 2.43. The topological polar surface area (TPSA) is 18.5 Å². The van der Waals surface area contributed by atoms with Gasteiger partial charge in [0.1, 0.15) is 18.5 Å². The van der Waals surface area contributed by atoms with Crippen molar-refractivity contribution in [2.45, 2.75) is 46.6 Å². The fraction of sp³-hybridized carbons (Fsp3) is 0.500. The molecule has 1 unspecified atom stereocenters. The zero-order chi connectivity index (χ0) is 14.9. The second-order valence-corrected chi connectivity index (χ2v) is 9.24. The molecular formula is C16H22BrO2Si. The molecule has 1 aliphatic heterocycles. The second-order valence-electron chi connectivity index (χ2n) is 6.40. The maximum absolute atomic E-state index is 6.23. The molecule has 0 amide bonds. The molecule has 1 aromatic carbocycles. The van der Waals surface area contributed by atoms with Crippen LogP contribution in [0.15, 0.2) is 30.0 Å². The van der Waals surface area contributed by atoms with Crippen molar-refractivity contribution in [1.29, 1.82) is 0 Å². The van der Waals surface area contributed by atoms with Gasteiger partial charge in [-0.15, -0.1) is 0 Å². The largest absolute Gasteiger partial charge is 0.489 e. The van der Waals surface area contributed by atoms with Crippen molar-refractivity contribution in [3.8, 4) is 0 Å². The lowest BCUT2D eigenvalue weighted by Crippen LogP contribution is -2.36. The van der Waals surface area contributed by atoms with Gasteiger partial charge in [0.25, 0.3) is 0 Å². The third-order valence-corrected chi connectivity index (χ3v) is 4.76. The van der Waals surface area contributed by atoms with Crippen LogP contribution >= 0.6 is 15.9 Å². The normalized spacial score (nSPS) is 16.9. The Hall–Kier alpha value is -0.583. The van der Waals surface area contributed by atoms with E-state index in [9.17, 15) is 0 Å². The van der Waals surface area contributed by atoms with Crippen molar-refractivity contribution in [3.05, 3.63) is 41.2 Å². The van der Waals surface area contributed by atoms with Crippen LogP contribution in [0.4, 0.5) is 0 Å². The van der Waals surface area contributed by atoms with Crippen molar-refractivity contribution < 1.29 is 9.16 Å². The molecular weight excluding hydrogens is 332 g/mol. The van der Waals surface area contributed by atoms with Gasteiger partial charge in [0, 0.05) is 0 Å². The standard InChI is InChI=1S/C16H22BrO2Si/c1-16(2,3)15(19-20(4)5)14-13(17)12-9-7-6-8-11(12)10-18-14/h6-9,15H,10H2,1-5H3. The number of rotatable bonds is 3. The molecule has 0 aliphatic carbocycles. The quantitative estimate of drug-likeness (QED) is 0.714. The first-order valence-corrected chi connectivity index (χ1v) is 10.1. The number of hydrogen-bond donors (Lipinski definition) is 0. The zero-order valence-corrected chi connectivity index (χ0v) is 15.4. The average molecular weight is 354 g/mol. The van der Waals surface area contributed by atoms with E-state index in [4.69, 9.17) is 9.16 Å². The molecule has 0 bridgehead atoms. The molecule has 1 atom stereocenters. The van der Waals surface area contributed by atoms with Crippen molar-refractivity contribution in [2.24, 2.45) is 5.41 Å². The van der Waals surface area contributed by atoms with Gasteiger partial charge in [-0.05, 0) is 45.6 Å². The van der Waals surface area contributed by atoms with Gasteiger partial charge in [0.05, 0.1) is 4.48 Å². The van der Waals surface area contributed by atoms with Crippen LogP contribution in [0, 0.1) is 5.41 Å². The zero-order valence-electron chi connectivity index (χ0n) is 12.8. The van der Waals surface area contributed by atoms with Crippen LogP contribution in [0.2, 0.25) is 13.1 Å². The van der Waals surface area contributed by atoms with E-state index in [0.29, 0.717) is 6.61 Å². The van der Waals surface area contributed by atoms with E-state index in [-0.39, 0.29) is 11.5 Å². The van der Waals surface area contributed by atoms with Gasteiger partial charge >= 0.3 is 0 Å². The van der Waals surface area contributed by atoms with Crippen LogP contribution < -0.4 is 0 Å². The van der Waals surface area contributed by atoms with E-state index < -0.39 is 9.04 Å². The fourth-order valence-electron chi connectivity index (χ4n) is 2.26. The number of benzene rings is 1. The van der Waals surface area contributed by atoms with Crippen LogP contribution in [0.1, 0.15) is 31.9 Å². The van der Waals surface area contributed by atoms with Crippen LogP contribution in [-0.2, 0) is 15.8 Å². The summed E-state index contributed by atoms with van der Waals surface area (Å²) < 4.78 is 13.3. The summed E-state index contributed by atoms with van der Waals surface area (Å²) in [6.45, 7) is 11.5. The third-order valence-electron chi connectivity index (χ3n) is 3.23. The first-order valence-electron chi connectivity index (χ1n) is 6.88. The molecule has 4 heteroatoms. The lowest BCUT2D eigenvalue weighted by molar-refractivity contribution is 0.0441. The summed E-state index contributed by atoms with van der Waals surface area (Å²) in [7, 11) is -0.799. The minimum atomic E-state index is -0.799. The fourth-order valence-corrected chi connectivity index (χ4v) is 3.90. The van der Waals surface area contributed by atoms with Gasteiger partial charge in [0.15, 0.2) is 0 Å². The lowest BCUT2D eigenvalue weighted by Gasteiger charge is -2.36. The molecule has 0 spiro atoms. The van der Waals surface area contributed by atoms with Gasteiger partial charge in [-0.1, -0.05) is 45.0 Å². The van der Waals surface area contributed by atoms with Crippen LogP contribution in [0.25, 0.3) is 4.48 Å². The molecule has 0 fully saturated rings. The minimum Gasteiger partial charge on any atom is -0.489 e. The summed E-state index contributed by atoms with van der Waals surface area (Å²) in [5, 5.41) is 0. The Morgan fingerprint density at radius 1 is 1.25 bits per heavy atom. The molecule has 109 valence electrons. The lowest BCUT2D eigenvalue weighted by atomic mass is 9.86. The second kappa shape index (κ2) is 6.04. The predicted octanol–water partition coefficient (Wildman–Crippen LogP) is 4.96. The van der Waals surface area contributed by atoms with E-state index in [1.807, 2.05) is 6.07 Å². The van der Waals surface area contributed by atoms with E-state index in [1.54, 1.807) is 0 Å². The number of fused-ring (bicyclic) bond motifs is 1. The maximum atomic E-state index is 6.23. The SMILES string of the molecule is C[Si](C)OC(C1=C(Br)c2ccccc2CO1)C(C)(C)C. The summed E-state index contributed by atoms with van der Waals surface area (Å²) in [6, 6.07) is 8.34. The first kappa shape index (κ1) is 15.8. The molecule has 0 saturated carbocycles. The molecule has 20 heavy (non-hydrogen) atoms. The number of hydrogen-bond acceptors (Lipinski definition) is 2. The van der Waals surface area contributed by atoms with Crippen molar-refractivity contribution in [3.63, 3.8) is 0 Å². The Labute approximate surface area is 132 Å². The Balaban J connectivity index is 2.44. The number of halogens is 1. The smallest absolute Gasteiger partial charge is 0.206 e. The first-order chi connectivity index (χ1) is 9.30. The number of ether oxygens (including phenoxy) is 1. The Kier molecular flexibility index (Phi) is 4.77.